The van der Waals surface area contributed by atoms with Gasteiger partial charge < -0.3 is 4.74 Å². The number of nitrogens with one attached hydrogen (secondary N) is 1. The first-order chi connectivity index (χ1) is 10.6. The van der Waals surface area contributed by atoms with Crippen molar-refractivity contribution in [1.29, 1.82) is 0 Å². The van der Waals surface area contributed by atoms with Crippen LogP contribution in [0.3, 0.4) is 0 Å². The van der Waals surface area contributed by atoms with E-state index >= 15 is 0 Å². The number of nitrogens with zero attached hydrogens (tertiary/aromatic N) is 2. The molecule has 0 spiro atoms. The molecule has 7 nitrogen and oxygen atoms in total. The van der Waals surface area contributed by atoms with Crippen LogP contribution in [0, 0.1) is 10.1 Å². The van der Waals surface area contributed by atoms with Gasteiger partial charge in [-0.2, -0.15) is 5.10 Å². The third kappa shape index (κ3) is 3.45. The van der Waals surface area contributed by atoms with Crippen LogP contribution in [0.25, 0.3) is 0 Å². The number of nitro benzene ring substituents is 1. The highest BCUT2D eigenvalue weighted by molar-refractivity contribution is 6.03. The SMILES string of the molecule is COC(=O)c1c(C=NNc2ccccc2)cccc1[N+](=O)[O-]. The lowest BCUT2D eigenvalue weighted by molar-refractivity contribution is -0.385. The van der Waals surface area contributed by atoms with Gasteiger partial charge in [0.05, 0.1) is 23.9 Å². The molecule has 1 N–H and O–H groups in total. The van der Waals surface area contributed by atoms with Gasteiger partial charge in [0, 0.05) is 11.6 Å². The largest absolute Gasteiger partial charge is 0.465 e. The van der Waals surface area contributed by atoms with Crippen LogP contribution in [0.5, 0.6) is 0 Å². The highest BCUT2D eigenvalue weighted by atomic mass is 16.6. The molecule has 0 aromatic heterocycles. The molecule has 0 heterocycles. The first-order valence-corrected chi connectivity index (χ1v) is 6.33. The standard InChI is InChI=1S/C15H13N3O4/c1-22-15(19)14-11(6-5-9-13(14)18(20)21)10-16-17-12-7-3-2-4-8-12/h2-10,17H,1H3. The van der Waals surface area contributed by atoms with E-state index in [1.165, 1.54) is 25.5 Å². The van der Waals surface area contributed by atoms with E-state index in [9.17, 15) is 14.9 Å². The Kier molecular flexibility index (Phi) is 4.81. The van der Waals surface area contributed by atoms with E-state index in [0.717, 1.165) is 5.69 Å². The third-order valence-electron chi connectivity index (χ3n) is 2.83. The Balaban J connectivity index is 2.32. The van der Waals surface area contributed by atoms with Gasteiger partial charge in [-0.05, 0) is 12.1 Å². The highest BCUT2D eigenvalue weighted by Gasteiger charge is 2.23. The van der Waals surface area contributed by atoms with Gasteiger partial charge >= 0.3 is 5.97 Å². The zero-order valence-corrected chi connectivity index (χ0v) is 11.7. The van der Waals surface area contributed by atoms with Crippen LogP contribution in [-0.2, 0) is 4.74 Å². The first kappa shape index (κ1) is 15.2. The number of anilines is 1. The van der Waals surface area contributed by atoms with Gasteiger partial charge in [0.15, 0.2) is 0 Å². The number of ether oxygens (including phenoxy) is 1. The predicted octanol–water partition coefficient (Wildman–Crippen LogP) is 2.83. The molecule has 0 bridgehead atoms. The number of methoxy groups -OCH3 is 1. The number of carbonyl (C=O) groups is 1. The van der Waals surface area contributed by atoms with Crippen LogP contribution in [0.15, 0.2) is 53.6 Å². The van der Waals surface area contributed by atoms with Crippen LogP contribution >= 0.6 is 0 Å². The molecule has 0 aliphatic heterocycles. The molecule has 2 rings (SSSR count). The fourth-order valence-corrected chi connectivity index (χ4v) is 1.83. The summed E-state index contributed by atoms with van der Waals surface area (Å²) in [4.78, 5) is 22.2. The monoisotopic (exact) mass is 299 g/mol. The fourth-order valence-electron chi connectivity index (χ4n) is 1.83. The minimum atomic E-state index is -0.784. The molecule has 2 aromatic carbocycles. The third-order valence-corrected chi connectivity index (χ3v) is 2.83. The molecule has 0 saturated carbocycles. The summed E-state index contributed by atoms with van der Waals surface area (Å²) in [5, 5.41) is 15.0. The van der Waals surface area contributed by atoms with Gasteiger partial charge in [0.25, 0.3) is 5.69 Å². The quantitative estimate of drug-likeness (QED) is 0.396. The number of benzene rings is 2. The van der Waals surface area contributed by atoms with E-state index in [1.807, 2.05) is 30.3 Å². The number of rotatable bonds is 5. The summed E-state index contributed by atoms with van der Waals surface area (Å²) >= 11 is 0. The second-order valence-electron chi connectivity index (χ2n) is 4.23. The van der Waals surface area contributed by atoms with Crippen molar-refractivity contribution < 1.29 is 14.5 Å². The number of hydrazone groups is 1. The molecule has 22 heavy (non-hydrogen) atoms. The number of hydrogen-bond donors (Lipinski definition) is 1. The molecule has 0 saturated heterocycles. The van der Waals surface area contributed by atoms with Crippen molar-refractivity contribution in [2.45, 2.75) is 0 Å². The molecule has 2 aromatic rings. The van der Waals surface area contributed by atoms with Crippen molar-refractivity contribution in [2.75, 3.05) is 12.5 Å². The summed E-state index contributed by atoms with van der Waals surface area (Å²) in [5.41, 5.74) is 3.37. The smallest absolute Gasteiger partial charge is 0.345 e. The van der Waals surface area contributed by atoms with Gasteiger partial charge in [0.2, 0.25) is 0 Å². The number of carbonyl (C=O) groups excluding carboxylic acids is 1. The van der Waals surface area contributed by atoms with E-state index < -0.39 is 10.9 Å². The Morgan fingerprint density at radius 1 is 1.23 bits per heavy atom. The summed E-state index contributed by atoms with van der Waals surface area (Å²) in [6, 6.07) is 13.4. The summed E-state index contributed by atoms with van der Waals surface area (Å²) in [6.07, 6.45) is 1.34. The molecule has 0 amide bonds. The Morgan fingerprint density at radius 2 is 1.95 bits per heavy atom. The van der Waals surface area contributed by atoms with Gasteiger partial charge in [-0.25, -0.2) is 4.79 Å². The number of esters is 1. The summed E-state index contributed by atoms with van der Waals surface area (Å²) < 4.78 is 4.61. The maximum atomic E-state index is 11.8. The van der Waals surface area contributed by atoms with Gasteiger partial charge in [-0.15, -0.1) is 0 Å². The minimum absolute atomic E-state index is 0.131. The van der Waals surface area contributed by atoms with Crippen LogP contribution in [0.2, 0.25) is 0 Å². The lowest BCUT2D eigenvalue weighted by Crippen LogP contribution is -2.09. The van der Waals surface area contributed by atoms with Crippen LogP contribution < -0.4 is 5.43 Å². The Morgan fingerprint density at radius 3 is 2.59 bits per heavy atom. The van der Waals surface area contributed by atoms with Crippen LogP contribution in [-0.4, -0.2) is 24.2 Å². The molecule has 0 radical (unpaired) electrons. The normalized spacial score (nSPS) is 10.4. The number of nitro groups is 1. The topological polar surface area (TPSA) is 93.8 Å². The maximum absolute atomic E-state index is 11.8. The Bertz CT molecular complexity index is 714. The minimum Gasteiger partial charge on any atom is -0.465 e. The van der Waals surface area contributed by atoms with E-state index in [4.69, 9.17) is 0 Å². The first-order valence-electron chi connectivity index (χ1n) is 6.33. The van der Waals surface area contributed by atoms with Crippen molar-refractivity contribution in [2.24, 2.45) is 5.10 Å². The molecule has 0 fully saturated rings. The molecule has 0 atom stereocenters. The molecule has 112 valence electrons. The lowest BCUT2D eigenvalue weighted by atomic mass is 10.1. The molecule has 0 aliphatic carbocycles. The van der Waals surface area contributed by atoms with E-state index in [0.29, 0.717) is 5.56 Å². The molecule has 7 heteroatoms. The molecule has 0 aliphatic rings. The van der Waals surface area contributed by atoms with E-state index in [1.54, 1.807) is 6.07 Å². The van der Waals surface area contributed by atoms with Crippen molar-refractivity contribution in [3.63, 3.8) is 0 Å². The zero-order chi connectivity index (χ0) is 15.9. The Hall–Kier alpha value is -3.22. The van der Waals surface area contributed by atoms with E-state index in [2.05, 4.69) is 15.3 Å². The van der Waals surface area contributed by atoms with Crippen molar-refractivity contribution in [3.8, 4) is 0 Å². The number of hydrogen-bond acceptors (Lipinski definition) is 6. The highest BCUT2D eigenvalue weighted by Crippen LogP contribution is 2.22. The second kappa shape index (κ2) is 6.98. The van der Waals surface area contributed by atoms with Crippen LogP contribution in [0.1, 0.15) is 15.9 Å². The van der Waals surface area contributed by atoms with Crippen molar-refractivity contribution in [1.82, 2.24) is 0 Å². The van der Waals surface area contributed by atoms with Gasteiger partial charge in [0.1, 0.15) is 5.56 Å². The summed E-state index contributed by atoms with van der Waals surface area (Å²) in [5.74, 6) is -0.784. The van der Waals surface area contributed by atoms with Crippen LogP contribution in [0.4, 0.5) is 11.4 Å². The predicted molar refractivity (Wildman–Crippen MR) is 82.1 cm³/mol. The van der Waals surface area contributed by atoms with Gasteiger partial charge in [-0.3, -0.25) is 15.5 Å². The molecular formula is C15H13N3O4. The molecular weight excluding hydrogens is 286 g/mol. The van der Waals surface area contributed by atoms with E-state index in [-0.39, 0.29) is 11.3 Å². The summed E-state index contributed by atoms with van der Waals surface area (Å²) in [6.45, 7) is 0. The number of para-hydroxylation sites is 1. The fraction of sp³-hybridized carbons (Fsp3) is 0.0667. The second-order valence-corrected chi connectivity index (χ2v) is 4.23. The molecule has 0 unspecified atom stereocenters. The lowest BCUT2D eigenvalue weighted by Gasteiger charge is -2.05. The maximum Gasteiger partial charge on any atom is 0.345 e. The van der Waals surface area contributed by atoms with Crippen molar-refractivity contribution >= 4 is 23.6 Å². The van der Waals surface area contributed by atoms with Crippen molar-refractivity contribution in [3.05, 3.63) is 69.8 Å². The zero-order valence-electron chi connectivity index (χ0n) is 11.7. The average Bonchev–Trinajstić information content (AvgIpc) is 2.54. The Labute approximate surface area is 126 Å². The van der Waals surface area contributed by atoms with Gasteiger partial charge in [-0.1, -0.05) is 30.3 Å². The average molecular weight is 299 g/mol. The summed E-state index contributed by atoms with van der Waals surface area (Å²) in [7, 11) is 1.17.